The topological polar surface area (TPSA) is 50.9 Å². The van der Waals surface area contributed by atoms with Gasteiger partial charge in [0.1, 0.15) is 0 Å². The van der Waals surface area contributed by atoms with Gasteiger partial charge in [-0.15, -0.1) is 0 Å². The molecule has 0 aliphatic heterocycles. The molecule has 1 aromatic carbocycles. The highest BCUT2D eigenvalue weighted by molar-refractivity contribution is 5.60. The predicted octanol–water partition coefficient (Wildman–Crippen LogP) is 2.42. The Balaban J connectivity index is 2.30. The van der Waals surface area contributed by atoms with Crippen molar-refractivity contribution >= 4 is 11.5 Å². The van der Waals surface area contributed by atoms with Crippen molar-refractivity contribution < 1.29 is 4.39 Å². The molecule has 0 radical (unpaired) electrons. The van der Waals surface area contributed by atoms with Crippen molar-refractivity contribution in [2.24, 2.45) is 5.73 Å². The lowest BCUT2D eigenvalue weighted by atomic mass is 10.2. The molecule has 4 heteroatoms. The Morgan fingerprint density at radius 2 is 2.00 bits per heavy atom. The molecule has 2 aromatic rings. The van der Waals surface area contributed by atoms with Gasteiger partial charge in [0.25, 0.3) is 0 Å². The van der Waals surface area contributed by atoms with Crippen LogP contribution in [0.15, 0.2) is 42.6 Å². The fourth-order valence-corrected chi connectivity index (χ4v) is 1.43. The number of para-hydroxylation sites is 1. The SMILES string of the molecule is NCc1ccccc1Nc1ncccc1F. The quantitative estimate of drug-likeness (QED) is 0.830. The summed E-state index contributed by atoms with van der Waals surface area (Å²) in [6, 6.07) is 10.4. The highest BCUT2D eigenvalue weighted by atomic mass is 19.1. The van der Waals surface area contributed by atoms with E-state index in [9.17, 15) is 4.39 Å². The highest BCUT2D eigenvalue weighted by Crippen LogP contribution is 2.20. The number of nitrogens with one attached hydrogen (secondary N) is 1. The van der Waals surface area contributed by atoms with E-state index in [1.165, 1.54) is 12.3 Å². The van der Waals surface area contributed by atoms with Crippen LogP contribution in [0, 0.1) is 5.82 Å². The molecule has 1 heterocycles. The number of rotatable bonds is 3. The van der Waals surface area contributed by atoms with Crippen LogP contribution in [0.2, 0.25) is 0 Å². The van der Waals surface area contributed by atoms with Crippen molar-refractivity contribution in [3.05, 3.63) is 54.0 Å². The molecule has 2 rings (SSSR count). The molecule has 3 N–H and O–H groups in total. The molecule has 0 atom stereocenters. The summed E-state index contributed by atoms with van der Waals surface area (Å²) in [6.07, 6.45) is 1.54. The van der Waals surface area contributed by atoms with E-state index in [2.05, 4.69) is 10.3 Å². The first-order valence-electron chi connectivity index (χ1n) is 4.97. The van der Waals surface area contributed by atoms with E-state index < -0.39 is 0 Å². The Labute approximate surface area is 93.1 Å². The van der Waals surface area contributed by atoms with Crippen LogP contribution in [-0.4, -0.2) is 4.98 Å². The molecule has 0 spiro atoms. The summed E-state index contributed by atoms with van der Waals surface area (Å²) in [5.74, 6) is -0.169. The zero-order chi connectivity index (χ0) is 11.4. The van der Waals surface area contributed by atoms with Crippen LogP contribution in [0.4, 0.5) is 15.9 Å². The molecule has 0 bridgehead atoms. The van der Waals surface area contributed by atoms with Crippen LogP contribution in [0.25, 0.3) is 0 Å². The first-order chi connectivity index (χ1) is 7.81. The van der Waals surface area contributed by atoms with Gasteiger partial charge in [0.05, 0.1) is 0 Å². The number of nitrogens with zero attached hydrogens (tertiary/aromatic N) is 1. The van der Waals surface area contributed by atoms with Gasteiger partial charge in [-0.2, -0.15) is 0 Å². The maximum atomic E-state index is 13.4. The van der Waals surface area contributed by atoms with Gasteiger partial charge in [-0.1, -0.05) is 18.2 Å². The maximum absolute atomic E-state index is 13.4. The summed E-state index contributed by atoms with van der Waals surface area (Å²) in [7, 11) is 0. The molecular weight excluding hydrogens is 205 g/mol. The van der Waals surface area contributed by atoms with Gasteiger partial charge >= 0.3 is 0 Å². The van der Waals surface area contributed by atoms with Gasteiger partial charge in [0.2, 0.25) is 0 Å². The largest absolute Gasteiger partial charge is 0.338 e. The Morgan fingerprint density at radius 3 is 2.75 bits per heavy atom. The Hall–Kier alpha value is -1.94. The molecule has 0 saturated heterocycles. The molecule has 0 fully saturated rings. The molecule has 3 nitrogen and oxygen atoms in total. The summed E-state index contributed by atoms with van der Waals surface area (Å²) >= 11 is 0. The monoisotopic (exact) mass is 217 g/mol. The smallest absolute Gasteiger partial charge is 0.166 e. The number of pyridine rings is 1. The number of aromatic nitrogens is 1. The summed E-state index contributed by atoms with van der Waals surface area (Å²) in [4.78, 5) is 3.92. The Bertz CT molecular complexity index is 485. The van der Waals surface area contributed by atoms with Gasteiger partial charge in [-0.3, -0.25) is 0 Å². The normalized spacial score (nSPS) is 10.1. The lowest BCUT2D eigenvalue weighted by Crippen LogP contribution is -2.03. The molecule has 0 aliphatic carbocycles. The first kappa shape index (κ1) is 10.6. The van der Waals surface area contributed by atoms with E-state index in [-0.39, 0.29) is 11.6 Å². The number of benzene rings is 1. The van der Waals surface area contributed by atoms with Crippen LogP contribution in [-0.2, 0) is 6.54 Å². The van der Waals surface area contributed by atoms with Gasteiger partial charge in [0.15, 0.2) is 11.6 Å². The second-order valence-corrected chi connectivity index (χ2v) is 3.32. The van der Waals surface area contributed by atoms with Crippen LogP contribution < -0.4 is 11.1 Å². The summed E-state index contributed by atoms with van der Waals surface area (Å²) in [6.45, 7) is 0.400. The number of hydrogen-bond acceptors (Lipinski definition) is 3. The van der Waals surface area contributed by atoms with Crippen molar-refractivity contribution in [3.63, 3.8) is 0 Å². The van der Waals surface area contributed by atoms with Gasteiger partial charge in [-0.05, 0) is 23.8 Å². The summed E-state index contributed by atoms with van der Waals surface area (Å²) in [5, 5.41) is 2.93. The number of anilines is 2. The fourth-order valence-electron chi connectivity index (χ4n) is 1.43. The molecule has 16 heavy (non-hydrogen) atoms. The molecule has 1 aromatic heterocycles. The Kier molecular flexibility index (Phi) is 3.12. The first-order valence-corrected chi connectivity index (χ1v) is 4.97. The molecule has 0 saturated carbocycles. The second-order valence-electron chi connectivity index (χ2n) is 3.32. The third kappa shape index (κ3) is 2.17. The van der Waals surface area contributed by atoms with Crippen molar-refractivity contribution in [2.45, 2.75) is 6.54 Å². The van der Waals surface area contributed by atoms with E-state index >= 15 is 0 Å². The van der Waals surface area contributed by atoms with Gasteiger partial charge in [-0.25, -0.2) is 9.37 Å². The lowest BCUT2D eigenvalue weighted by molar-refractivity contribution is 0.626. The van der Waals surface area contributed by atoms with Crippen LogP contribution >= 0.6 is 0 Å². The van der Waals surface area contributed by atoms with E-state index in [4.69, 9.17) is 5.73 Å². The fraction of sp³-hybridized carbons (Fsp3) is 0.0833. The number of hydrogen-bond donors (Lipinski definition) is 2. The Morgan fingerprint density at radius 1 is 1.19 bits per heavy atom. The molecule has 0 aliphatic rings. The van der Waals surface area contributed by atoms with Crippen LogP contribution in [0.5, 0.6) is 0 Å². The molecule has 82 valence electrons. The van der Waals surface area contributed by atoms with Crippen molar-refractivity contribution in [3.8, 4) is 0 Å². The third-order valence-electron chi connectivity index (χ3n) is 2.25. The third-order valence-corrected chi connectivity index (χ3v) is 2.25. The van der Waals surface area contributed by atoms with Crippen molar-refractivity contribution in [2.75, 3.05) is 5.32 Å². The number of nitrogens with two attached hydrogens (primary N) is 1. The van der Waals surface area contributed by atoms with Crippen molar-refractivity contribution in [1.82, 2.24) is 4.98 Å². The van der Waals surface area contributed by atoms with E-state index in [0.717, 1.165) is 11.3 Å². The minimum absolute atomic E-state index is 0.211. The van der Waals surface area contributed by atoms with Crippen molar-refractivity contribution in [1.29, 1.82) is 0 Å². The summed E-state index contributed by atoms with van der Waals surface area (Å²) < 4.78 is 13.4. The second kappa shape index (κ2) is 4.72. The van der Waals surface area contributed by atoms with Gasteiger partial charge < -0.3 is 11.1 Å². The zero-order valence-corrected chi connectivity index (χ0v) is 8.65. The summed E-state index contributed by atoms with van der Waals surface area (Å²) in [5.41, 5.74) is 7.29. The number of halogens is 1. The van der Waals surface area contributed by atoms with E-state index in [0.29, 0.717) is 6.54 Å². The lowest BCUT2D eigenvalue weighted by Gasteiger charge is -2.10. The van der Waals surface area contributed by atoms with Crippen LogP contribution in [0.1, 0.15) is 5.56 Å². The average molecular weight is 217 g/mol. The molecule has 0 amide bonds. The molecular formula is C12H12FN3. The standard InChI is InChI=1S/C12H12FN3/c13-10-5-3-7-15-12(10)16-11-6-2-1-4-9(11)8-14/h1-7H,8,14H2,(H,15,16). The predicted molar refractivity (Wildman–Crippen MR) is 61.8 cm³/mol. The maximum Gasteiger partial charge on any atom is 0.166 e. The van der Waals surface area contributed by atoms with Crippen LogP contribution in [0.3, 0.4) is 0 Å². The van der Waals surface area contributed by atoms with E-state index in [1.54, 1.807) is 6.07 Å². The van der Waals surface area contributed by atoms with E-state index in [1.807, 2.05) is 24.3 Å². The minimum atomic E-state index is -0.380. The minimum Gasteiger partial charge on any atom is -0.338 e. The molecule has 0 unspecified atom stereocenters. The zero-order valence-electron chi connectivity index (χ0n) is 8.65. The highest BCUT2D eigenvalue weighted by Gasteiger charge is 2.04. The average Bonchev–Trinajstić information content (AvgIpc) is 2.33. The van der Waals surface area contributed by atoms with Gasteiger partial charge in [0, 0.05) is 18.4 Å².